The summed E-state index contributed by atoms with van der Waals surface area (Å²) in [6, 6.07) is 4.82. The zero-order valence-corrected chi connectivity index (χ0v) is 17.3. The van der Waals surface area contributed by atoms with Crippen molar-refractivity contribution in [3.63, 3.8) is 0 Å². The SMILES string of the molecule is COC(=O)C(CCCCN1C(=O)CSC1c1cccc(OC(F)(F)F)c1)NC(C)=O. The van der Waals surface area contributed by atoms with Crippen molar-refractivity contribution in [2.24, 2.45) is 0 Å². The van der Waals surface area contributed by atoms with Crippen LogP contribution < -0.4 is 10.1 Å². The fraction of sp³-hybridized carbons (Fsp3) is 0.526. The molecule has 0 bridgehead atoms. The number of alkyl halides is 3. The first-order valence-electron chi connectivity index (χ1n) is 9.22. The van der Waals surface area contributed by atoms with E-state index in [1.807, 2.05) is 0 Å². The highest BCUT2D eigenvalue weighted by Gasteiger charge is 2.34. The van der Waals surface area contributed by atoms with Gasteiger partial charge in [-0.3, -0.25) is 9.59 Å². The standard InChI is InChI=1S/C19H23F3N2O5S/c1-12(25)23-15(18(27)28-2)8-3-4-9-24-16(26)11-30-17(24)13-6-5-7-14(10-13)29-19(20,21)22/h5-7,10,15,17H,3-4,8-9,11H2,1-2H3,(H,23,25). The number of halogens is 3. The summed E-state index contributed by atoms with van der Waals surface area (Å²) in [7, 11) is 1.23. The Hall–Kier alpha value is -2.43. The Morgan fingerprint density at radius 2 is 2.07 bits per heavy atom. The summed E-state index contributed by atoms with van der Waals surface area (Å²) in [5, 5.41) is 2.11. The molecule has 11 heteroatoms. The highest BCUT2D eigenvalue weighted by Crippen LogP contribution is 2.40. The Bertz CT molecular complexity index is 775. The minimum Gasteiger partial charge on any atom is -0.467 e. The van der Waals surface area contributed by atoms with Crippen LogP contribution in [0, 0.1) is 0 Å². The molecule has 1 aliphatic rings. The van der Waals surface area contributed by atoms with Gasteiger partial charge in [0.2, 0.25) is 11.8 Å². The second-order valence-electron chi connectivity index (χ2n) is 6.64. The molecule has 1 saturated heterocycles. The molecule has 0 spiro atoms. The molecule has 0 aromatic heterocycles. The first-order valence-corrected chi connectivity index (χ1v) is 10.3. The molecule has 1 aromatic carbocycles. The van der Waals surface area contributed by atoms with E-state index in [4.69, 9.17) is 0 Å². The monoisotopic (exact) mass is 448 g/mol. The van der Waals surface area contributed by atoms with Crippen LogP contribution in [0.1, 0.15) is 37.1 Å². The van der Waals surface area contributed by atoms with Crippen LogP contribution in [0.15, 0.2) is 24.3 Å². The van der Waals surface area contributed by atoms with Crippen molar-refractivity contribution in [3.8, 4) is 5.75 Å². The number of unbranched alkanes of at least 4 members (excludes halogenated alkanes) is 1. The summed E-state index contributed by atoms with van der Waals surface area (Å²) in [6.07, 6.45) is -3.35. The third-order valence-electron chi connectivity index (χ3n) is 4.35. The van der Waals surface area contributed by atoms with Gasteiger partial charge in [-0.1, -0.05) is 12.1 Å². The molecule has 0 aliphatic carbocycles. The molecule has 166 valence electrons. The third kappa shape index (κ3) is 7.12. The number of ether oxygens (including phenoxy) is 2. The van der Waals surface area contributed by atoms with E-state index >= 15 is 0 Å². The minimum absolute atomic E-state index is 0.112. The summed E-state index contributed by atoms with van der Waals surface area (Å²) in [5.41, 5.74) is 0.540. The van der Waals surface area contributed by atoms with E-state index < -0.39 is 23.7 Å². The molecule has 1 aromatic rings. The van der Waals surface area contributed by atoms with Gasteiger partial charge >= 0.3 is 12.3 Å². The van der Waals surface area contributed by atoms with Gasteiger partial charge in [0.1, 0.15) is 17.2 Å². The molecule has 1 heterocycles. The summed E-state index contributed by atoms with van der Waals surface area (Å²) in [4.78, 5) is 36.8. The number of nitrogens with one attached hydrogen (secondary N) is 1. The normalized spacial score (nSPS) is 17.6. The predicted octanol–water partition coefficient (Wildman–Crippen LogP) is 3.01. The molecule has 0 saturated carbocycles. The van der Waals surface area contributed by atoms with Gasteiger partial charge in [-0.25, -0.2) is 4.79 Å². The van der Waals surface area contributed by atoms with Gasteiger partial charge < -0.3 is 19.7 Å². The number of thioether (sulfide) groups is 1. The maximum atomic E-state index is 12.5. The Morgan fingerprint density at radius 1 is 1.33 bits per heavy atom. The molecule has 2 rings (SSSR count). The third-order valence-corrected chi connectivity index (χ3v) is 5.61. The smallest absolute Gasteiger partial charge is 0.467 e. The molecule has 2 atom stereocenters. The largest absolute Gasteiger partial charge is 0.573 e. The number of hydrogen-bond donors (Lipinski definition) is 1. The van der Waals surface area contributed by atoms with E-state index in [0.29, 0.717) is 31.4 Å². The molecule has 2 amide bonds. The molecule has 0 radical (unpaired) electrons. The second-order valence-corrected chi connectivity index (χ2v) is 7.71. The topological polar surface area (TPSA) is 84.9 Å². The van der Waals surface area contributed by atoms with Crippen molar-refractivity contribution < 1.29 is 37.0 Å². The van der Waals surface area contributed by atoms with Gasteiger partial charge in [0, 0.05) is 13.5 Å². The number of hydrogen-bond acceptors (Lipinski definition) is 6. The van der Waals surface area contributed by atoms with Crippen molar-refractivity contribution in [2.45, 2.75) is 44.0 Å². The van der Waals surface area contributed by atoms with E-state index in [0.717, 1.165) is 0 Å². The van der Waals surface area contributed by atoms with Gasteiger partial charge in [-0.2, -0.15) is 0 Å². The zero-order chi connectivity index (χ0) is 22.3. The summed E-state index contributed by atoms with van der Waals surface area (Å²) >= 11 is 1.33. The van der Waals surface area contributed by atoms with Crippen LogP contribution in [0.3, 0.4) is 0 Å². The summed E-state index contributed by atoms with van der Waals surface area (Å²) < 4.78 is 46.0. The second kappa shape index (κ2) is 10.6. The molecule has 2 unspecified atom stereocenters. The van der Waals surface area contributed by atoms with E-state index in [-0.39, 0.29) is 23.3 Å². The molecule has 1 N–H and O–H groups in total. The number of amides is 2. The molecule has 30 heavy (non-hydrogen) atoms. The number of carbonyl (C=O) groups excluding carboxylic acids is 3. The van der Waals surface area contributed by atoms with Crippen LogP contribution in [0.25, 0.3) is 0 Å². The Kier molecular flexibility index (Phi) is 8.39. The van der Waals surface area contributed by atoms with Crippen LogP contribution in [-0.2, 0) is 19.1 Å². The number of rotatable bonds is 9. The maximum absolute atomic E-state index is 12.5. The lowest BCUT2D eigenvalue weighted by Gasteiger charge is -2.25. The zero-order valence-electron chi connectivity index (χ0n) is 16.5. The number of carbonyl (C=O) groups is 3. The van der Waals surface area contributed by atoms with Gasteiger partial charge in [0.25, 0.3) is 0 Å². The fourth-order valence-corrected chi connectivity index (χ4v) is 4.31. The van der Waals surface area contributed by atoms with Gasteiger partial charge in [-0.05, 0) is 37.0 Å². The van der Waals surface area contributed by atoms with Gasteiger partial charge in [-0.15, -0.1) is 24.9 Å². The Labute approximate surface area is 176 Å². The van der Waals surface area contributed by atoms with E-state index in [1.165, 1.54) is 44.0 Å². The molecular formula is C19H23F3N2O5S. The Balaban J connectivity index is 1.96. The van der Waals surface area contributed by atoms with Gasteiger partial charge in [0.05, 0.1) is 12.9 Å². The lowest BCUT2D eigenvalue weighted by molar-refractivity contribution is -0.274. The number of esters is 1. The van der Waals surface area contributed by atoms with Crippen molar-refractivity contribution >= 4 is 29.5 Å². The minimum atomic E-state index is -4.79. The highest BCUT2D eigenvalue weighted by molar-refractivity contribution is 8.00. The quantitative estimate of drug-likeness (QED) is 0.462. The van der Waals surface area contributed by atoms with Crippen molar-refractivity contribution in [2.75, 3.05) is 19.4 Å². The van der Waals surface area contributed by atoms with Crippen LogP contribution in [0.4, 0.5) is 13.2 Å². The number of methoxy groups -OCH3 is 1. The molecule has 1 fully saturated rings. The van der Waals surface area contributed by atoms with E-state index in [9.17, 15) is 27.6 Å². The first-order chi connectivity index (χ1) is 14.1. The Morgan fingerprint density at radius 3 is 2.70 bits per heavy atom. The average molecular weight is 448 g/mol. The summed E-state index contributed by atoms with van der Waals surface area (Å²) in [6.45, 7) is 1.67. The number of nitrogens with zero attached hydrogens (tertiary/aromatic N) is 1. The number of benzene rings is 1. The predicted molar refractivity (Wildman–Crippen MR) is 104 cm³/mol. The van der Waals surface area contributed by atoms with Crippen molar-refractivity contribution in [3.05, 3.63) is 29.8 Å². The first kappa shape index (κ1) is 23.8. The van der Waals surface area contributed by atoms with Crippen LogP contribution in [0.5, 0.6) is 5.75 Å². The molecular weight excluding hydrogens is 425 g/mol. The van der Waals surface area contributed by atoms with Crippen molar-refractivity contribution in [1.29, 1.82) is 0 Å². The maximum Gasteiger partial charge on any atom is 0.573 e. The van der Waals surface area contributed by atoms with Crippen LogP contribution >= 0.6 is 11.8 Å². The summed E-state index contributed by atoms with van der Waals surface area (Å²) in [5.74, 6) is -1.12. The van der Waals surface area contributed by atoms with Gasteiger partial charge in [0.15, 0.2) is 0 Å². The van der Waals surface area contributed by atoms with Crippen LogP contribution in [0.2, 0.25) is 0 Å². The fourth-order valence-electron chi connectivity index (χ4n) is 3.10. The highest BCUT2D eigenvalue weighted by atomic mass is 32.2. The van der Waals surface area contributed by atoms with E-state index in [1.54, 1.807) is 11.0 Å². The lowest BCUT2D eigenvalue weighted by Crippen LogP contribution is -2.40. The van der Waals surface area contributed by atoms with Crippen LogP contribution in [-0.4, -0.2) is 54.5 Å². The molecule has 7 nitrogen and oxygen atoms in total. The molecule has 1 aliphatic heterocycles. The van der Waals surface area contributed by atoms with Crippen molar-refractivity contribution in [1.82, 2.24) is 10.2 Å². The van der Waals surface area contributed by atoms with E-state index in [2.05, 4.69) is 14.8 Å². The lowest BCUT2D eigenvalue weighted by atomic mass is 10.1. The average Bonchev–Trinajstić information content (AvgIpc) is 3.02.